The van der Waals surface area contributed by atoms with Gasteiger partial charge in [-0.1, -0.05) is 32.0 Å². The molecule has 3 N–H and O–H groups in total. The van der Waals surface area contributed by atoms with E-state index in [0.717, 1.165) is 21.4 Å². The number of aromatic amines is 1. The highest BCUT2D eigenvalue weighted by atomic mass is 16.2. The molecule has 2 aromatic rings. The van der Waals surface area contributed by atoms with Crippen molar-refractivity contribution >= 4 is 23.2 Å². The molecule has 122 valence electrons. The number of para-hydroxylation sites is 1. The van der Waals surface area contributed by atoms with Gasteiger partial charge in [0.05, 0.1) is 0 Å². The maximum atomic E-state index is 11.6. The van der Waals surface area contributed by atoms with E-state index in [1.54, 1.807) is 0 Å². The van der Waals surface area contributed by atoms with Crippen molar-refractivity contribution in [3.8, 4) is 0 Å². The molecule has 22 heavy (non-hydrogen) atoms. The average molecular weight is 305 g/mol. The number of nitrogens with zero attached hydrogens (tertiary/aromatic N) is 1. The first-order chi connectivity index (χ1) is 10.6. The van der Waals surface area contributed by atoms with Crippen LogP contribution in [0.5, 0.6) is 0 Å². The minimum atomic E-state index is -0.160. The monoisotopic (exact) mass is 305 g/mol. The van der Waals surface area contributed by atoms with Gasteiger partial charge in [0.25, 0.3) is 0 Å². The number of aromatic nitrogens is 1. The number of carbonyl (C=O) groups excluding carboxylic acids is 2. The maximum absolute atomic E-state index is 11.6. The number of hydrogen-bond acceptors (Lipinski definition) is 3. The predicted molar refractivity (Wildman–Crippen MR) is 91.7 cm³/mol. The van der Waals surface area contributed by atoms with Crippen molar-refractivity contribution in [1.82, 2.24) is 9.88 Å². The molecule has 1 heterocycles. The average Bonchev–Trinajstić information content (AvgIpc) is 3.00. The largest absolute Gasteiger partial charge is 0.361 e. The van der Waals surface area contributed by atoms with Crippen molar-refractivity contribution in [3.05, 3.63) is 35.5 Å². The molecule has 5 nitrogen and oxygen atoms in total. The second-order valence-corrected chi connectivity index (χ2v) is 4.42. The summed E-state index contributed by atoms with van der Waals surface area (Å²) in [4.78, 5) is 26.3. The van der Waals surface area contributed by atoms with Gasteiger partial charge in [-0.2, -0.15) is 0 Å². The number of benzene rings is 1. The second-order valence-electron chi connectivity index (χ2n) is 4.42. The fraction of sp³-hybridized carbons (Fsp3) is 0.412. The van der Waals surface area contributed by atoms with E-state index in [1.807, 2.05) is 45.2 Å². The van der Waals surface area contributed by atoms with E-state index in [0.29, 0.717) is 19.3 Å². The molecule has 2 rings (SSSR count). The lowest BCUT2D eigenvalue weighted by Crippen LogP contribution is -2.24. The van der Waals surface area contributed by atoms with E-state index in [9.17, 15) is 9.59 Å². The summed E-state index contributed by atoms with van der Waals surface area (Å²) in [6.07, 6.45) is 3.46. The number of rotatable bonds is 4. The van der Waals surface area contributed by atoms with Crippen LogP contribution in [0.15, 0.2) is 24.4 Å². The molecule has 0 saturated carbocycles. The molecule has 0 fully saturated rings. The van der Waals surface area contributed by atoms with Gasteiger partial charge in [-0.15, -0.1) is 0 Å². The lowest BCUT2D eigenvalue weighted by atomic mass is 10.1. The van der Waals surface area contributed by atoms with Crippen LogP contribution >= 0.6 is 0 Å². The predicted octanol–water partition coefficient (Wildman–Crippen LogP) is 2.62. The first-order valence-corrected chi connectivity index (χ1v) is 7.47. The summed E-state index contributed by atoms with van der Waals surface area (Å²) in [5.74, 6) is -0.160. The molecule has 0 bridgehead atoms. The van der Waals surface area contributed by atoms with Crippen LogP contribution in [0.25, 0.3) is 10.9 Å². The first-order valence-electron chi connectivity index (χ1n) is 7.47. The summed E-state index contributed by atoms with van der Waals surface area (Å²) >= 11 is 0. The normalized spacial score (nSPS) is 9.18. The molecule has 1 aromatic heterocycles. The third kappa shape index (κ3) is 5.00. The van der Waals surface area contributed by atoms with Crippen LogP contribution in [0.2, 0.25) is 0 Å². The molecule has 0 atom stereocenters. The minimum absolute atomic E-state index is 0.160. The Balaban J connectivity index is 0.00000102. The Kier molecular flexibility index (Phi) is 9.54. The Morgan fingerprint density at radius 3 is 2.55 bits per heavy atom. The number of aryl methyl sites for hydroxylation is 2. The van der Waals surface area contributed by atoms with Gasteiger partial charge in [-0.3, -0.25) is 14.5 Å². The van der Waals surface area contributed by atoms with Crippen LogP contribution in [-0.4, -0.2) is 36.3 Å². The van der Waals surface area contributed by atoms with E-state index in [-0.39, 0.29) is 5.91 Å². The summed E-state index contributed by atoms with van der Waals surface area (Å²) in [7, 11) is 2.98. The van der Waals surface area contributed by atoms with E-state index < -0.39 is 0 Å². The molecule has 2 amide bonds. The Bertz CT molecular complexity index is 591. The second kappa shape index (κ2) is 10.6. The third-order valence-corrected chi connectivity index (χ3v) is 3.17. The van der Waals surface area contributed by atoms with Gasteiger partial charge in [0.1, 0.15) is 0 Å². The van der Waals surface area contributed by atoms with Crippen LogP contribution in [0.1, 0.15) is 31.4 Å². The smallest absolute Gasteiger partial charge is 0.229 e. The molecule has 0 radical (unpaired) electrons. The van der Waals surface area contributed by atoms with Crippen molar-refractivity contribution in [1.29, 1.82) is 0 Å². The number of hydrogen-bond donors (Lipinski definition) is 2. The SMILES string of the molecule is CC.CN.Cc1cccc2c(CCC(=O)N(C)C=O)c[nH]c12. The van der Waals surface area contributed by atoms with Crippen molar-refractivity contribution < 1.29 is 9.59 Å². The molecule has 0 spiro atoms. The van der Waals surface area contributed by atoms with Gasteiger partial charge in [0.2, 0.25) is 12.3 Å². The van der Waals surface area contributed by atoms with Crippen LogP contribution in [0, 0.1) is 6.92 Å². The fourth-order valence-electron chi connectivity index (χ4n) is 2.05. The Morgan fingerprint density at radius 2 is 1.95 bits per heavy atom. The molecule has 0 saturated heterocycles. The standard InChI is InChI=1S/C14H16N2O2.C2H6.CH5N/c1-10-4-3-5-12-11(8-15-14(10)12)6-7-13(18)16(2)9-17;2*1-2/h3-5,8-9,15H,6-7H2,1-2H3;1-2H3;2H2,1H3. The molecule has 0 aliphatic heterocycles. The Morgan fingerprint density at radius 1 is 1.32 bits per heavy atom. The van der Waals surface area contributed by atoms with Gasteiger partial charge in [-0.25, -0.2) is 0 Å². The van der Waals surface area contributed by atoms with Gasteiger partial charge >= 0.3 is 0 Å². The summed E-state index contributed by atoms with van der Waals surface area (Å²) in [6.45, 7) is 6.05. The van der Waals surface area contributed by atoms with Crippen LogP contribution in [0.4, 0.5) is 0 Å². The number of carbonyl (C=O) groups is 2. The highest BCUT2D eigenvalue weighted by Gasteiger charge is 2.10. The topological polar surface area (TPSA) is 79.2 Å². The fourth-order valence-corrected chi connectivity index (χ4v) is 2.05. The van der Waals surface area contributed by atoms with Crippen molar-refractivity contribution in [2.45, 2.75) is 33.6 Å². The molecule has 0 aliphatic carbocycles. The summed E-state index contributed by atoms with van der Waals surface area (Å²) in [6, 6.07) is 6.10. The minimum Gasteiger partial charge on any atom is -0.361 e. The number of amides is 2. The molecular weight excluding hydrogens is 278 g/mol. The number of nitrogens with two attached hydrogens (primary N) is 1. The molecule has 0 aliphatic rings. The zero-order valence-corrected chi connectivity index (χ0v) is 14.1. The van der Waals surface area contributed by atoms with Crippen LogP contribution < -0.4 is 5.73 Å². The number of imide groups is 1. The number of nitrogens with one attached hydrogen (secondary N) is 1. The van der Waals surface area contributed by atoms with E-state index in [4.69, 9.17) is 0 Å². The zero-order valence-electron chi connectivity index (χ0n) is 14.1. The van der Waals surface area contributed by atoms with Crippen molar-refractivity contribution in [3.63, 3.8) is 0 Å². The molecule has 0 unspecified atom stereocenters. The molecule has 1 aromatic carbocycles. The van der Waals surface area contributed by atoms with E-state index in [2.05, 4.69) is 10.7 Å². The van der Waals surface area contributed by atoms with Gasteiger partial charge in [0, 0.05) is 30.6 Å². The summed E-state index contributed by atoms with van der Waals surface area (Å²) in [5.41, 5.74) is 7.92. The van der Waals surface area contributed by atoms with E-state index >= 15 is 0 Å². The van der Waals surface area contributed by atoms with Crippen LogP contribution in [0.3, 0.4) is 0 Å². The van der Waals surface area contributed by atoms with Gasteiger partial charge in [-0.05, 0) is 31.5 Å². The van der Waals surface area contributed by atoms with Gasteiger partial charge in [0.15, 0.2) is 0 Å². The van der Waals surface area contributed by atoms with E-state index in [1.165, 1.54) is 19.7 Å². The molecular formula is C17H27N3O2. The molecule has 5 heteroatoms. The Labute approximate surface area is 132 Å². The first kappa shape index (κ1) is 19.9. The number of H-pyrrole nitrogens is 1. The van der Waals surface area contributed by atoms with Crippen LogP contribution in [-0.2, 0) is 16.0 Å². The third-order valence-electron chi connectivity index (χ3n) is 3.17. The Hall–Kier alpha value is -2.14. The summed E-state index contributed by atoms with van der Waals surface area (Å²) in [5, 5.41) is 1.15. The zero-order chi connectivity index (χ0) is 17.1. The lowest BCUT2D eigenvalue weighted by Gasteiger charge is -2.07. The van der Waals surface area contributed by atoms with Crippen molar-refractivity contribution in [2.75, 3.05) is 14.1 Å². The lowest BCUT2D eigenvalue weighted by molar-refractivity contribution is -0.136. The highest BCUT2D eigenvalue weighted by Crippen LogP contribution is 2.22. The maximum Gasteiger partial charge on any atom is 0.229 e. The van der Waals surface area contributed by atoms with Gasteiger partial charge < -0.3 is 10.7 Å². The van der Waals surface area contributed by atoms with Crippen molar-refractivity contribution in [2.24, 2.45) is 5.73 Å². The highest BCUT2D eigenvalue weighted by molar-refractivity contribution is 5.88. The summed E-state index contributed by atoms with van der Waals surface area (Å²) < 4.78 is 0. The quantitative estimate of drug-likeness (QED) is 0.852. The number of fused-ring (bicyclic) bond motifs is 1.